The quantitative estimate of drug-likeness (QED) is 0.782. The Morgan fingerprint density at radius 1 is 1.10 bits per heavy atom. The number of nitrogens with zero attached hydrogens (tertiary/aromatic N) is 2. The molecule has 0 N–H and O–H groups in total. The lowest BCUT2D eigenvalue weighted by molar-refractivity contribution is -0.108. The fourth-order valence-electron chi connectivity index (χ4n) is 2.76. The Bertz CT molecular complexity index is 664. The Labute approximate surface area is 124 Å². The SMILES string of the molecule is CCCC1=Nc2ccccc2C(C=O)N1c1ccccc1. The number of benzene rings is 2. The van der Waals surface area contributed by atoms with Crippen LogP contribution in [0.3, 0.4) is 0 Å². The Morgan fingerprint density at radius 2 is 1.81 bits per heavy atom. The van der Waals surface area contributed by atoms with Crippen molar-refractivity contribution in [1.29, 1.82) is 0 Å². The molecule has 0 aliphatic carbocycles. The van der Waals surface area contributed by atoms with Crippen LogP contribution < -0.4 is 4.90 Å². The van der Waals surface area contributed by atoms with E-state index < -0.39 is 0 Å². The highest BCUT2D eigenvalue weighted by atomic mass is 16.1. The maximum atomic E-state index is 11.8. The number of aliphatic imine (C=N–C) groups is 1. The molecule has 2 aromatic rings. The molecule has 0 saturated carbocycles. The predicted octanol–water partition coefficient (Wildman–Crippen LogP) is 4.28. The fraction of sp³-hybridized carbons (Fsp3) is 0.222. The first-order valence-electron chi connectivity index (χ1n) is 7.31. The summed E-state index contributed by atoms with van der Waals surface area (Å²) in [7, 11) is 0. The minimum Gasteiger partial charge on any atom is -0.315 e. The van der Waals surface area contributed by atoms with Gasteiger partial charge in [0.15, 0.2) is 0 Å². The van der Waals surface area contributed by atoms with Gasteiger partial charge < -0.3 is 9.69 Å². The van der Waals surface area contributed by atoms with Crippen LogP contribution in [0.5, 0.6) is 0 Å². The second-order valence-corrected chi connectivity index (χ2v) is 5.12. The van der Waals surface area contributed by atoms with Gasteiger partial charge in [0, 0.05) is 17.7 Å². The number of fused-ring (bicyclic) bond motifs is 1. The number of anilines is 1. The molecular weight excluding hydrogens is 260 g/mol. The molecule has 3 heteroatoms. The summed E-state index contributed by atoms with van der Waals surface area (Å²) in [5.74, 6) is 0.958. The van der Waals surface area contributed by atoms with Crippen molar-refractivity contribution in [2.24, 2.45) is 4.99 Å². The first-order valence-corrected chi connectivity index (χ1v) is 7.31. The zero-order valence-corrected chi connectivity index (χ0v) is 12.1. The van der Waals surface area contributed by atoms with Gasteiger partial charge >= 0.3 is 0 Å². The minimum absolute atomic E-state index is 0.303. The highest BCUT2D eigenvalue weighted by Crippen LogP contribution is 2.37. The normalized spacial score (nSPS) is 17.1. The van der Waals surface area contributed by atoms with Gasteiger partial charge in [0.25, 0.3) is 0 Å². The number of carbonyl (C=O) groups excluding carboxylic acids is 1. The predicted molar refractivity (Wildman–Crippen MR) is 86.2 cm³/mol. The number of aldehydes is 1. The summed E-state index contributed by atoms with van der Waals surface area (Å²) in [6.07, 6.45) is 2.86. The van der Waals surface area contributed by atoms with Gasteiger partial charge in [-0.3, -0.25) is 0 Å². The van der Waals surface area contributed by atoms with Crippen molar-refractivity contribution in [2.75, 3.05) is 4.90 Å². The number of hydrogen-bond donors (Lipinski definition) is 0. The number of carbonyl (C=O) groups is 1. The maximum Gasteiger partial charge on any atom is 0.147 e. The topological polar surface area (TPSA) is 32.7 Å². The van der Waals surface area contributed by atoms with E-state index >= 15 is 0 Å². The molecule has 0 spiro atoms. The molecule has 0 fully saturated rings. The van der Waals surface area contributed by atoms with E-state index in [1.54, 1.807) is 0 Å². The Balaban J connectivity index is 2.15. The molecule has 1 aliphatic rings. The van der Waals surface area contributed by atoms with Crippen molar-refractivity contribution in [1.82, 2.24) is 0 Å². The molecule has 1 atom stereocenters. The molecule has 0 bridgehead atoms. The van der Waals surface area contributed by atoms with Crippen LogP contribution in [0.1, 0.15) is 31.4 Å². The van der Waals surface area contributed by atoms with Gasteiger partial charge in [-0.15, -0.1) is 0 Å². The third-order valence-corrected chi connectivity index (χ3v) is 3.70. The van der Waals surface area contributed by atoms with Crippen LogP contribution in [0, 0.1) is 0 Å². The van der Waals surface area contributed by atoms with Crippen molar-refractivity contribution < 1.29 is 4.79 Å². The number of hydrogen-bond acceptors (Lipinski definition) is 3. The molecule has 1 heterocycles. The van der Waals surface area contributed by atoms with E-state index in [1.165, 1.54) is 0 Å². The first kappa shape index (κ1) is 13.6. The Hall–Kier alpha value is -2.42. The van der Waals surface area contributed by atoms with Crippen molar-refractivity contribution in [3.63, 3.8) is 0 Å². The maximum absolute atomic E-state index is 11.8. The van der Waals surface area contributed by atoms with Gasteiger partial charge in [-0.25, -0.2) is 4.99 Å². The Kier molecular flexibility index (Phi) is 3.82. The van der Waals surface area contributed by atoms with Crippen LogP contribution in [0.4, 0.5) is 11.4 Å². The third kappa shape index (κ3) is 2.47. The van der Waals surface area contributed by atoms with Crippen LogP contribution in [0.15, 0.2) is 59.6 Å². The summed E-state index contributed by atoms with van der Waals surface area (Å²) in [5.41, 5.74) is 2.89. The standard InChI is InChI=1S/C18H18N2O/c1-2-8-18-19-16-12-7-6-11-15(16)17(13-21)20(18)14-9-4-3-5-10-14/h3-7,9-13,17H,2,8H2,1H3. The van der Waals surface area contributed by atoms with Gasteiger partial charge in [0.05, 0.1) is 5.69 Å². The van der Waals surface area contributed by atoms with Crippen LogP contribution in [-0.4, -0.2) is 12.1 Å². The van der Waals surface area contributed by atoms with Gasteiger partial charge in [-0.1, -0.05) is 43.3 Å². The zero-order valence-electron chi connectivity index (χ0n) is 12.1. The lowest BCUT2D eigenvalue weighted by Crippen LogP contribution is -2.38. The van der Waals surface area contributed by atoms with Gasteiger partial charge in [-0.2, -0.15) is 0 Å². The highest BCUT2D eigenvalue weighted by Gasteiger charge is 2.30. The van der Waals surface area contributed by atoms with Crippen LogP contribution >= 0.6 is 0 Å². The van der Waals surface area contributed by atoms with Crippen molar-refractivity contribution in [2.45, 2.75) is 25.8 Å². The summed E-state index contributed by atoms with van der Waals surface area (Å²) in [6.45, 7) is 2.13. The third-order valence-electron chi connectivity index (χ3n) is 3.70. The van der Waals surface area contributed by atoms with E-state index in [0.29, 0.717) is 0 Å². The molecule has 3 nitrogen and oxygen atoms in total. The van der Waals surface area contributed by atoms with Crippen molar-refractivity contribution >= 4 is 23.5 Å². The molecular formula is C18H18N2O. The number of amidine groups is 1. The van der Waals surface area contributed by atoms with Crippen LogP contribution in [-0.2, 0) is 4.79 Å². The summed E-state index contributed by atoms with van der Waals surface area (Å²) < 4.78 is 0. The van der Waals surface area contributed by atoms with Gasteiger partial charge in [0.2, 0.25) is 0 Å². The van der Waals surface area contributed by atoms with E-state index in [0.717, 1.165) is 41.9 Å². The van der Waals surface area contributed by atoms with E-state index in [9.17, 15) is 4.79 Å². The van der Waals surface area contributed by atoms with Crippen LogP contribution in [0.2, 0.25) is 0 Å². The molecule has 106 valence electrons. The lowest BCUT2D eigenvalue weighted by atomic mass is 10.00. The molecule has 2 aromatic carbocycles. The second kappa shape index (κ2) is 5.92. The second-order valence-electron chi connectivity index (χ2n) is 5.12. The first-order chi connectivity index (χ1) is 10.3. The number of rotatable bonds is 4. The zero-order chi connectivity index (χ0) is 14.7. The average Bonchev–Trinajstić information content (AvgIpc) is 2.54. The van der Waals surface area contributed by atoms with E-state index in [4.69, 9.17) is 4.99 Å². The summed E-state index contributed by atoms with van der Waals surface area (Å²) in [5, 5.41) is 0. The number of para-hydroxylation sites is 2. The largest absolute Gasteiger partial charge is 0.315 e. The van der Waals surface area contributed by atoms with Crippen LogP contribution in [0.25, 0.3) is 0 Å². The lowest BCUT2D eigenvalue weighted by Gasteiger charge is -2.35. The highest BCUT2D eigenvalue weighted by molar-refractivity contribution is 6.04. The molecule has 3 rings (SSSR count). The van der Waals surface area contributed by atoms with E-state index in [-0.39, 0.29) is 6.04 Å². The molecule has 1 aliphatic heterocycles. The van der Waals surface area contributed by atoms with Crippen molar-refractivity contribution in [3.8, 4) is 0 Å². The molecule has 1 unspecified atom stereocenters. The monoisotopic (exact) mass is 278 g/mol. The summed E-state index contributed by atoms with van der Waals surface area (Å²) in [6, 6.07) is 17.6. The molecule has 21 heavy (non-hydrogen) atoms. The summed E-state index contributed by atoms with van der Waals surface area (Å²) in [4.78, 5) is 18.6. The van der Waals surface area contributed by atoms with Crippen molar-refractivity contribution in [3.05, 3.63) is 60.2 Å². The Morgan fingerprint density at radius 3 is 2.52 bits per heavy atom. The molecule has 0 saturated heterocycles. The smallest absolute Gasteiger partial charge is 0.147 e. The average molecular weight is 278 g/mol. The molecule has 0 radical (unpaired) electrons. The molecule has 0 aromatic heterocycles. The molecule has 0 amide bonds. The van der Waals surface area contributed by atoms with Gasteiger partial charge in [0.1, 0.15) is 18.2 Å². The summed E-state index contributed by atoms with van der Waals surface area (Å²) >= 11 is 0. The fourth-order valence-corrected chi connectivity index (χ4v) is 2.76. The van der Waals surface area contributed by atoms with E-state index in [2.05, 4.69) is 11.8 Å². The van der Waals surface area contributed by atoms with Gasteiger partial charge in [-0.05, 0) is 24.6 Å². The van der Waals surface area contributed by atoms with E-state index in [1.807, 2.05) is 54.6 Å². The minimum atomic E-state index is -0.303.